The van der Waals surface area contributed by atoms with E-state index in [-0.39, 0.29) is 5.97 Å². The van der Waals surface area contributed by atoms with Crippen LogP contribution in [-0.2, 0) is 16.1 Å². The molecule has 0 saturated heterocycles. The molecule has 0 radical (unpaired) electrons. The highest BCUT2D eigenvalue weighted by molar-refractivity contribution is 9.09. The van der Waals surface area contributed by atoms with E-state index in [2.05, 4.69) is 15.9 Å². The SMILES string of the molecule is O=C(OCc1ccccc1)C(Br)c1ccccc1. The molecule has 0 amide bonds. The van der Waals surface area contributed by atoms with Crippen LogP contribution in [0.25, 0.3) is 0 Å². The smallest absolute Gasteiger partial charge is 0.324 e. The molecule has 0 aromatic heterocycles. The summed E-state index contributed by atoms with van der Waals surface area (Å²) in [5, 5.41) is 0. The summed E-state index contributed by atoms with van der Waals surface area (Å²) in [7, 11) is 0. The number of carbonyl (C=O) groups excluding carboxylic acids is 1. The van der Waals surface area contributed by atoms with Gasteiger partial charge in [-0.2, -0.15) is 0 Å². The van der Waals surface area contributed by atoms with Crippen LogP contribution in [0.3, 0.4) is 0 Å². The molecular formula is C15H13BrO2. The number of benzene rings is 2. The Morgan fingerprint density at radius 2 is 1.56 bits per heavy atom. The molecule has 2 aromatic rings. The first kappa shape index (κ1) is 12.8. The standard InChI is InChI=1S/C15H13BrO2/c16-14(13-9-5-2-6-10-13)15(17)18-11-12-7-3-1-4-8-12/h1-10,14H,11H2. The van der Waals surface area contributed by atoms with Gasteiger partial charge in [0.15, 0.2) is 0 Å². The van der Waals surface area contributed by atoms with Crippen LogP contribution < -0.4 is 0 Å². The second-order valence-electron chi connectivity index (χ2n) is 3.87. The fourth-order valence-corrected chi connectivity index (χ4v) is 2.00. The summed E-state index contributed by atoms with van der Waals surface area (Å²) in [4.78, 5) is 11.4. The first-order valence-electron chi connectivity index (χ1n) is 5.67. The molecule has 0 heterocycles. The maximum absolute atomic E-state index is 11.8. The van der Waals surface area contributed by atoms with E-state index < -0.39 is 4.83 Å². The monoisotopic (exact) mass is 304 g/mol. The molecule has 18 heavy (non-hydrogen) atoms. The highest BCUT2D eigenvalue weighted by Crippen LogP contribution is 2.24. The van der Waals surface area contributed by atoms with Crippen LogP contribution in [0.15, 0.2) is 60.7 Å². The van der Waals surface area contributed by atoms with Crippen molar-refractivity contribution in [2.24, 2.45) is 0 Å². The van der Waals surface area contributed by atoms with Gasteiger partial charge in [-0.3, -0.25) is 4.79 Å². The Labute approximate surface area is 115 Å². The molecule has 2 nitrogen and oxygen atoms in total. The van der Waals surface area contributed by atoms with Gasteiger partial charge in [0.05, 0.1) is 0 Å². The van der Waals surface area contributed by atoms with Crippen LogP contribution in [0.4, 0.5) is 0 Å². The molecule has 0 N–H and O–H groups in total. The summed E-state index contributed by atoms with van der Waals surface area (Å²) in [6.45, 7) is 0.300. The van der Waals surface area contributed by atoms with E-state index in [0.29, 0.717) is 6.61 Å². The fourth-order valence-electron chi connectivity index (χ4n) is 1.56. The van der Waals surface area contributed by atoms with E-state index in [9.17, 15) is 4.79 Å². The largest absolute Gasteiger partial charge is 0.460 e. The van der Waals surface area contributed by atoms with Crippen molar-refractivity contribution >= 4 is 21.9 Å². The molecule has 2 aromatic carbocycles. The van der Waals surface area contributed by atoms with E-state index in [4.69, 9.17) is 4.74 Å². The molecule has 2 rings (SSSR count). The van der Waals surface area contributed by atoms with Gasteiger partial charge in [0.1, 0.15) is 11.4 Å². The van der Waals surface area contributed by atoms with E-state index in [1.54, 1.807) is 0 Å². The lowest BCUT2D eigenvalue weighted by Gasteiger charge is -2.10. The average Bonchev–Trinajstić information content (AvgIpc) is 2.46. The number of ether oxygens (including phenoxy) is 1. The number of hydrogen-bond donors (Lipinski definition) is 0. The Kier molecular flexibility index (Phi) is 4.53. The molecular weight excluding hydrogens is 292 g/mol. The van der Waals surface area contributed by atoms with Crippen molar-refractivity contribution in [2.45, 2.75) is 11.4 Å². The van der Waals surface area contributed by atoms with E-state index >= 15 is 0 Å². The van der Waals surface area contributed by atoms with Crippen LogP contribution in [0.2, 0.25) is 0 Å². The zero-order valence-corrected chi connectivity index (χ0v) is 11.3. The van der Waals surface area contributed by atoms with Gasteiger partial charge in [-0.05, 0) is 11.1 Å². The van der Waals surface area contributed by atoms with Crippen LogP contribution >= 0.6 is 15.9 Å². The minimum absolute atomic E-state index is 0.273. The van der Waals surface area contributed by atoms with E-state index in [0.717, 1.165) is 11.1 Å². The molecule has 0 aliphatic rings. The van der Waals surface area contributed by atoms with Crippen LogP contribution in [0, 0.1) is 0 Å². The minimum atomic E-state index is -0.414. The van der Waals surface area contributed by atoms with Gasteiger partial charge in [0, 0.05) is 0 Å². The predicted octanol–water partition coefficient (Wildman–Crippen LogP) is 3.87. The molecule has 1 atom stereocenters. The van der Waals surface area contributed by atoms with Crippen molar-refractivity contribution in [3.63, 3.8) is 0 Å². The average molecular weight is 305 g/mol. The highest BCUT2D eigenvalue weighted by atomic mass is 79.9. The van der Waals surface area contributed by atoms with Crippen molar-refractivity contribution in [1.82, 2.24) is 0 Å². The van der Waals surface area contributed by atoms with Gasteiger partial charge < -0.3 is 4.74 Å². The highest BCUT2D eigenvalue weighted by Gasteiger charge is 2.18. The number of halogens is 1. The summed E-state index contributed by atoms with van der Waals surface area (Å²) in [6, 6.07) is 19.1. The normalized spacial score (nSPS) is 11.8. The molecule has 0 spiro atoms. The number of esters is 1. The van der Waals surface area contributed by atoms with Gasteiger partial charge in [-0.25, -0.2) is 0 Å². The molecule has 0 bridgehead atoms. The number of rotatable bonds is 4. The maximum Gasteiger partial charge on any atom is 0.324 e. The van der Waals surface area contributed by atoms with Gasteiger partial charge in [-0.15, -0.1) is 0 Å². The summed E-state index contributed by atoms with van der Waals surface area (Å²) >= 11 is 3.35. The lowest BCUT2D eigenvalue weighted by atomic mass is 10.1. The fraction of sp³-hybridized carbons (Fsp3) is 0.133. The molecule has 0 aliphatic heterocycles. The van der Waals surface area contributed by atoms with Crippen LogP contribution in [-0.4, -0.2) is 5.97 Å². The predicted molar refractivity (Wildman–Crippen MR) is 74.3 cm³/mol. The van der Waals surface area contributed by atoms with Crippen molar-refractivity contribution in [3.05, 3.63) is 71.8 Å². The Hall–Kier alpha value is -1.61. The van der Waals surface area contributed by atoms with Gasteiger partial charge >= 0.3 is 5.97 Å². The lowest BCUT2D eigenvalue weighted by molar-refractivity contribution is -0.144. The first-order chi connectivity index (χ1) is 8.77. The minimum Gasteiger partial charge on any atom is -0.460 e. The number of alkyl halides is 1. The molecule has 0 aliphatic carbocycles. The van der Waals surface area contributed by atoms with Gasteiger partial charge in [-0.1, -0.05) is 76.6 Å². The third-order valence-corrected chi connectivity index (χ3v) is 3.43. The molecule has 0 saturated carbocycles. The first-order valence-corrected chi connectivity index (χ1v) is 6.58. The van der Waals surface area contributed by atoms with E-state index in [1.165, 1.54) is 0 Å². The van der Waals surface area contributed by atoms with Crippen LogP contribution in [0.5, 0.6) is 0 Å². The molecule has 1 unspecified atom stereocenters. The third kappa shape index (κ3) is 3.44. The summed E-state index contributed by atoms with van der Waals surface area (Å²) in [5.41, 5.74) is 1.88. The second kappa shape index (κ2) is 6.36. The maximum atomic E-state index is 11.8. The van der Waals surface area contributed by atoms with Crippen molar-refractivity contribution in [2.75, 3.05) is 0 Å². The molecule has 92 valence electrons. The number of carbonyl (C=O) groups is 1. The Morgan fingerprint density at radius 1 is 1.00 bits per heavy atom. The summed E-state index contributed by atoms with van der Waals surface area (Å²) < 4.78 is 5.26. The van der Waals surface area contributed by atoms with E-state index in [1.807, 2.05) is 60.7 Å². The lowest BCUT2D eigenvalue weighted by Crippen LogP contribution is -2.10. The molecule has 3 heteroatoms. The Bertz CT molecular complexity index is 496. The van der Waals surface area contributed by atoms with Crippen molar-refractivity contribution in [3.8, 4) is 0 Å². The molecule has 0 fully saturated rings. The second-order valence-corrected chi connectivity index (χ2v) is 4.78. The van der Waals surface area contributed by atoms with Crippen molar-refractivity contribution < 1.29 is 9.53 Å². The van der Waals surface area contributed by atoms with Crippen molar-refractivity contribution in [1.29, 1.82) is 0 Å². The number of hydrogen-bond acceptors (Lipinski definition) is 2. The Morgan fingerprint density at radius 3 is 2.17 bits per heavy atom. The van der Waals surface area contributed by atoms with Crippen LogP contribution in [0.1, 0.15) is 16.0 Å². The quantitative estimate of drug-likeness (QED) is 0.633. The van der Waals surface area contributed by atoms with Gasteiger partial charge in [0.2, 0.25) is 0 Å². The summed E-state index contributed by atoms with van der Waals surface area (Å²) in [5.74, 6) is -0.273. The zero-order valence-electron chi connectivity index (χ0n) is 9.75. The topological polar surface area (TPSA) is 26.3 Å². The zero-order chi connectivity index (χ0) is 12.8. The Balaban J connectivity index is 1.93. The van der Waals surface area contributed by atoms with Gasteiger partial charge in [0.25, 0.3) is 0 Å². The third-order valence-electron chi connectivity index (χ3n) is 2.52. The summed E-state index contributed by atoms with van der Waals surface area (Å²) in [6.07, 6.45) is 0.